The van der Waals surface area contributed by atoms with Crippen molar-refractivity contribution < 1.29 is 18.9 Å². The van der Waals surface area contributed by atoms with Gasteiger partial charge in [-0.2, -0.15) is 0 Å². The van der Waals surface area contributed by atoms with E-state index in [1.165, 1.54) is 47.4 Å². The summed E-state index contributed by atoms with van der Waals surface area (Å²) in [6.45, 7) is 1.69. The maximum Gasteiger partial charge on any atom is 0.276 e. The van der Waals surface area contributed by atoms with Crippen molar-refractivity contribution in [3.05, 3.63) is 64.0 Å². The first kappa shape index (κ1) is 18.7. The molecule has 1 atom stereocenters. The maximum atomic E-state index is 13.2. The summed E-state index contributed by atoms with van der Waals surface area (Å²) in [5.74, 6) is -1.26. The Morgan fingerprint density at radius 3 is 2.59 bits per heavy atom. The molecule has 0 aliphatic carbocycles. The Labute approximate surface area is 167 Å². The summed E-state index contributed by atoms with van der Waals surface area (Å²) in [6.07, 6.45) is 0. The SMILES string of the molecule is CC1S/C(=N/N=C2C(=O)Nc3ccc([N+](=O)[O-])cc32)N(c2ccc(F)cc2)C1=O. The lowest BCUT2D eigenvalue weighted by Gasteiger charge is -2.15. The van der Waals surface area contributed by atoms with Crippen LogP contribution in [0.25, 0.3) is 0 Å². The fourth-order valence-electron chi connectivity index (χ4n) is 2.88. The van der Waals surface area contributed by atoms with Crippen molar-refractivity contribution in [1.29, 1.82) is 0 Å². The highest BCUT2D eigenvalue weighted by atomic mass is 32.2. The van der Waals surface area contributed by atoms with Gasteiger partial charge in [0.05, 0.1) is 21.5 Å². The smallest absolute Gasteiger partial charge is 0.276 e. The quantitative estimate of drug-likeness (QED) is 0.613. The van der Waals surface area contributed by atoms with Crippen LogP contribution in [0.4, 0.5) is 21.5 Å². The zero-order valence-electron chi connectivity index (χ0n) is 14.8. The third-order valence-corrected chi connectivity index (χ3v) is 5.32. The number of nitro groups is 1. The molecule has 11 heteroatoms. The Morgan fingerprint density at radius 2 is 1.90 bits per heavy atom. The van der Waals surface area contributed by atoms with Crippen molar-refractivity contribution >= 4 is 51.5 Å². The van der Waals surface area contributed by atoms with Crippen molar-refractivity contribution in [2.24, 2.45) is 10.2 Å². The number of fused-ring (bicyclic) bond motifs is 1. The molecule has 1 fully saturated rings. The van der Waals surface area contributed by atoms with Gasteiger partial charge in [0.15, 0.2) is 10.9 Å². The van der Waals surface area contributed by atoms with Crippen molar-refractivity contribution in [2.45, 2.75) is 12.2 Å². The summed E-state index contributed by atoms with van der Waals surface area (Å²) in [6, 6.07) is 9.25. The minimum absolute atomic E-state index is 0.0946. The number of hydrogen-bond acceptors (Lipinski definition) is 7. The average molecular weight is 413 g/mol. The zero-order chi connectivity index (χ0) is 20.7. The van der Waals surface area contributed by atoms with Gasteiger partial charge >= 0.3 is 0 Å². The molecule has 1 unspecified atom stereocenters. The monoisotopic (exact) mass is 413 g/mol. The number of rotatable bonds is 3. The number of anilines is 2. The van der Waals surface area contributed by atoms with Crippen LogP contribution in [0, 0.1) is 15.9 Å². The molecule has 0 saturated carbocycles. The van der Waals surface area contributed by atoms with Gasteiger partial charge in [-0.3, -0.25) is 24.6 Å². The molecule has 4 rings (SSSR count). The molecule has 2 aliphatic heterocycles. The van der Waals surface area contributed by atoms with Gasteiger partial charge in [-0.05, 0) is 37.3 Å². The number of carbonyl (C=O) groups excluding carboxylic acids is 2. The molecule has 9 nitrogen and oxygen atoms in total. The van der Waals surface area contributed by atoms with E-state index in [9.17, 15) is 24.1 Å². The van der Waals surface area contributed by atoms with Gasteiger partial charge in [0, 0.05) is 17.7 Å². The van der Waals surface area contributed by atoms with E-state index < -0.39 is 21.9 Å². The topological polar surface area (TPSA) is 117 Å². The molecule has 29 heavy (non-hydrogen) atoms. The minimum Gasteiger partial charge on any atom is -0.320 e. The predicted molar refractivity (Wildman–Crippen MR) is 107 cm³/mol. The molecule has 1 N–H and O–H groups in total. The highest BCUT2D eigenvalue weighted by Gasteiger charge is 2.37. The number of thioether (sulfide) groups is 1. The first-order chi connectivity index (χ1) is 13.8. The van der Waals surface area contributed by atoms with Crippen molar-refractivity contribution in [3.63, 3.8) is 0 Å². The number of halogens is 1. The highest BCUT2D eigenvalue weighted by Crippen LogP contribution is 2.32. The average Bonchev–Trinajstić information content (AvgIpc) is 3.15. The molecule has 0 bridgehead atoms. The van der Waals surface area contributed by atoms with E-state index >= 15 is 0 Å². The van der Waals surface area contributed by atoms with Crippen LogP contribution in [0.3, 0.4) is 0 Å². The third kappa shape index (κ3) is 3.36. The number of carbonyl (C=O) groups is 2. The van der Waals surface area contributed by atoms with Crippen molar-refractivity contribution in [1.82, 2.24) is 0 Å². The number of non-ortho nitro benzene ring substituents is 1. The van der Waals surface area contributed by atoms with Crippen LogP contribution in [0.15, 0.2) is 52.7 Å². The third-order valence-electron chi connectivity index (χ3n) is 4.29. The Hall–Kier alpha value is -3.60. The molecular formula is C18H12FN5O4S. The van der Waals surface area contributed by atoms with Crippen LogP contribution in [0.5, 0.6) is 0 Å². The predicted octanol–water partition coefficient (Wildman–Crippen LogP) is 2.91. The maximum absolute atomic E-state index is 13.2. The van der Waals surface area contributed by atoms with Crippen molar-refractivity contribution in [3.8, 4) is 0 Å². The van der Waals surface area contributed by atoms with Gasteiger partial charge in [-0.1, -0.05) is 11.8 Å². The van der Waals surface area contributed by atoms with Crippen LogP contribution in [0.2, 0.25) is 0 Å². The molecule has 1 saturated heterocycles. The number of nitrogens with zero attached hydrogens (tertiary/aromatic N) is 4. The lowest BCUT2D eigenvalue weighted by atomic mass is 10.1. The van der Waals surface area contributed by atoms with E-state index in [4.69, 9.17) is 0 Å². The van der Waals surface area contributed by atoms with E-state index in [-0.39, 0.29) is 28.0 Å². The molecule has 2 heterocycles. The summed E-state index contributed by atoms with van der Waals surface area (Å²) < 4.78 is 13.2. The van der Waals surface area contributed by atoms with Gasteiger partial charge in [-0.25, -0.2) is 4.39 Å². The van der Waals surface area contributed by atoms with Crippen molar-refractivity contribution in [2.75, 3.05) is 10.2 Å². The lowest BCUT2D eigenvalue weighted by Crippen LogP contribution is -2.31. The van der Waals surface area contributed by atoms with Crippen LogP contribution >= 0.6 is 11.8 Å². The number of hydrogen-bond donors (Lipinski definition) is 1. The van der Waals surface area contributed by atoms with Gasteiger partial charge < -0.3 is 5.32 Å². The second-order valence-corrected chi connectivity index (χ2v) is 7.49. The summed E-state index contributed by atoms with van der Waals surface area (Å²) >= 11 is 1.14. The molecule has 0 radical (unpaired) electrons. The number of nitrogens with one attached hydrogen (secondary N) is 1. The molecule has 2 aromatic rings. The minimum atomic E-state index is -0.573. The van der Waals surface area contributed by atoms with Crippen LogP contribution in [-0.4, -0.2) is 32.9 Å². The van der Waals surface area contributed by atoms with Crippen LogP contribution in [-0.2, 0) is 9.59 Å². The van der Waals surface area contributed by atoms with Gasteiger partial charge in [0.1, 0.15) is 5.82 Å². The van der Waals surface area contributed by atoms with E-state index in [1.807, 2.05) is 0 Å². The number of amidine groups is 1. The molecule has 0 aromatic heterocycles. The Bertz CT molecular complexity index is 1120. The Kier molecular flexibility index (Phi) is 4.59. The fraction of sp³-hybridized carbons (Fsp3) is 0.111. The number of nitro benzene ring substituents is 1. The Morgan fingerprint density at radius 1 is 1.17 bits per heavy atom. The van der Waals surface area contributed by atoms with Crippen LogP contribution < -0.4 is 10.2 Å². The van der Waals surface area contributed by atoms with Gasteiger partial charge in [0.2, 0.25) is 5.91 Å². The Balaban J connectivity index is 1.74. The molecular weight excluding hydrogens is 401 g/mol. The van der Waals surface area contributed by atoms with E-state index in [2.05, 4.69) is 15.5 Å². The number of benzene rings is 2. The fourth-order valence-corrected chi connectivity index (χ4v) is 3.79. The second kappa shape index (κ2) is 7.09. The molecule has 146 valence electrons. The molecule has 0 spiro atoms. The van der Waals surface area contributed by atoms with Gasteiger partial charge in [0.25, 0.3) is 11.6 Å². The lowest BCUT2D eigenvalue weighted by molar-refractivity contribution is -0.384. The molecule has 2 aromatic carbocycles. The first-order valence-electron chi connectivity index (χ1n) is 8.37. The number of amides is 2. The summed E-state index contributed by atoms with van der Waals surface area (Å²) in [7, 11) is 0. The molecule has 2 aliphatic rings. The first-order valence-corrected chi connectivity index (χ1v) is 9.25. The van der Waals surface area contributed by atoms with Crippen LogP contribution in [0.1, 0.15) is 12.5 Å². The molecule has 2 amide bonds. The summed E-state index contributed by atoms with van der Waals surface area (Å²) in [5.41, 5.74) is 0.775. The van der Waals surface area contributed by atoms with E-state index in [1.54, 1.807) is 6.92 Å². The summed E-state index contributed by atoms with van der Waals surface area (Å²) in [5, 5.41) is 21.4. The summed E-state index contributed by atoms with van der Waals surface area (Å²) in [4.78, 5) is 36.5. The normalized spacial score (nSPS) is 21.0. The standard InChI is InChI=1S/C18H12FN5O4S/c1-9-17(26)23(11-4-2-10(19)3-5-11)18(29-9)22-21-15-13-8-12(24(27)28)6-7-14(13)20-16(15)25/h2-9H,1H3,(H,20,21,25)/b22-18+. The van der Waals surface area contributed by atoms with E-state index in [0.29, 0.717) is 11.4 Å². The largest absolute Gasteiger partial charge is 0.320 e. The zero-order valence-corrected chi connectivity index (χ0v) is 15.6. The van der Waals surface area contributed by atoms with Gasteiger partial charge in [-0.15, -0.1) is 10.2 Å². The van der Waals surface area contributed by atoms with E-state index in [0.717, 1.165) is 11.8 Å². The second-order valence-electron chi connectivity index (χ2n) is 6.18. The highest BCUT2D eigenvalue weighted by molar-refractivity contribution is 8.16.